The SMILES string of the molecule is COCCOCC(=O)Nc1cnc2ccccc2c1. The molecule has 2 rings (SSSR count). The molecule has 0 bridgehead atoms. The van der Waals surface area contributed by atoms with Crippen molar-refractivity contribution >= 4 is 22.5 Å². The third kappa shape index (κ3) is 4.01. The zero-order chi connectivity index (χ0) is 13.5. The van der Waals surface area contributed by atoms with Gasteiger partial charge in [0.25, 0.3) is 0 Å². The van der Waals surface area contributed by atoms with E-state index in [4.69, 9.17) is 9.47 Å². The number of hydrogen-bond donors (Lipinski definition) is 1. The summed E-state index contributed by atoms with van der Waals surface area (Å²) in [6.07, 6.45) is 1.63. The summed E-state index contributed by atoms with van der Waals surface area (Å²) in [5.41, 5.74) is 1.57. The molecule has 0 radical (unpaired) electrons. The van der Waals surface area contributed by atoms with Crippen molar-refractivity contribution in [2.24, 2.45) is 0 Å². The van der Waals surface area contributed by atoms with Crippen LogP contribution in [0, 0.1) is 0 Å². The first kappa shape index (κ1) is 13.5. The topological polar surface area (TPSA) is 60.5 Å². The number of rotatable bonds is 6. The molecule has 0 aliphatic carbocycles. The van der Waals surface area contributed by atoms with Gasteiger partial charge in [-0.1, -0.05) is 18.2 Å². The Bertz CT molecular complexity index is 557. The molecule has 0 saturated heterocycles. The largest absolute Gasteiger partial charge is 0.382 e. The van der Waals surface area contributed by atoms with Crippen molar-refractivity contribution in [1.29, 1.82) is 0 Å². The van der Waals surface area contributed by atoms with Gasteiger partial charge in [-0.3, -0.25) is 9.78 Å². The first-order valence-corrected chi connectivity index (χ1v) is 6.01. The monoisotopic (exact) mass is 260 g/mol. The molecule has 1 aromatic heterocycles. The van der Waals surface area contributed by atoms with Gasteiger partial charge in [0.1, 0.15) is 6.61 Å². The Labute approximate surface area is 111 Å². The van der Waals surface area contributed by atoms with Crippen LogP contribution in [-0.4, -0.2) is 37.8 Å². The predicted molar refractivity (Wildman–Crippen MR) is 73.1 cm³/mol. The molecule has 100 valence electrons. The van der Waals surface area contributed by atoms with E-state index in [-0.39, 0.29) is 12.5 Å². The number of aromatic nitrogens is 1. The molecule has 2 aromatic rings. The van der Waals surface area contributed by atoms with E-state index in [9.17, 15) is 4.79 Å². The van der Waals surface area contributed by atoms with Crippen molar-refractivity contribution in [2.75, 3.05) is 32.2 Å². The fourth-order valence-corrected chi connectivity index (χ4v) is 1.64. The quantitative estimate of drug-likeness (QED) is 0.805. The number of para-hydroxylation sites is 1. The van der Waals surface area contributed by atoms with Crippen LogP contribution in [0.4, 0.5) is 5.69 Å². The number of ether oxygens (including phenoxy) is 2. The lowest BCUT2D eigenvalue weighted by Crippen LogP contribution is -2.19. The highest BCUT2D eigenvalue weighted by atomic mass is 16.5. The summed E-state index contributed by atoms with van der Waals surface area (Å²) in [5, 5.41) is 3.73. The molecular formula is C14H16N2O3. The minimum atomic E-state index is -0.201. The standard InChI is InChI=1S/C14H16N2O3/c1-18-6-7-19-10-14(17)16-12-8-11-4-2-3-5-13(11)15-9-12/h2-5,8-9H,6-7,10H2,1H3,(H,16,17). The maximum atomic E-state index is 11.6. The van der Waals surface area contributed by atoms with Gasteiger partial charge in [-0.25, -0.2) is 0 Å². The van der Waals surface area contributed by atoms with E-state index >= 15 is 0 Å². The zero-order valence-corrected chi connectivity index (χ0v) is 10.8. The highest BCUT2D eigenvalue weighted by molar-refractivity contribution is 5.93. The lowest BCUT2D eigenvalue weighted by atomic mass is 10.2. The first-order valence-electron chi connectivity index (χ1n) is 6.01. The van der Waals surface area contributed by atoms with E-state index in [1.54, 1.807) is 13.3 Å². The Morgan fingerprint density at radius 1 is 1.32 bits per heavy atom. The number of carbonyl (C=O) groups is 1. The summed E-state index contributed by atoms with van der Waals surface area (Å²) < 4.78 is 9.96. The molecule has 19 heavy (non-hydrogen) atoms. The molecule has 1 amide bonds. The van der Waals surface area contributed by atoms with Gasteiger partial charge in [-0.05, 0) is 12.1 Å². The van der Waals surface area contributed by atoms with E-state index in [0.717, 1.165) is 10.9 Å². The number of amides is 1. The number of anilines is 1. The van der Waals surface area contributed by atoms with Crippen LogP contribution >= 0.6 is 0 Å². The molecule has 5 nitrogen and oxygen atoms in total. The lowest BCUT2D eigenvalue weighted by Gasteiger charge is -2.06. The highest BCUT2D eigenvalue weighted by Crippen LogP contribution is 2.15. The number of methoxy groups -OCH3 is 1. The highest BCUT2D eigenvalue weighted by Gasteiger charge is 2.03. The second-order valence-electron chi connectivity index (χ2n) is 4.01. The van der Waals surface area contributed by atoms with Gasteiger partial charge >= 0.3 is 0 Å². The molecule has 0 unspecified atom stereocenters. The number of fused-ring (bicyclic) bond motifs is 1. The van der Waals surface area contributed by atoms with Gasteiger partial charge < -0.3 is 14.8 Å². The molecule has 0 atom stereocenters. The van der Waals surface area contributed by atoms with Crippen molar-refractivity contribution in [3.63, 3.8) is 0 Å². The summed E-state index contributed by atoms with van der Waals surface area (Å²) in [6.45, 7) is 0.890. The van der Waals surface area contributed by atoms with Crippen LogP contribution in [0.25, 0.3) is 10.9 Å². The number of hydrogen-bond acceptors (Lipinski definition) is 4. The summed E-state index contributed by atoms with van der Waals surface area (Å²) in [5.74, 6) is -0.201. The molecular weight excluding hydrogens is 244 g/mol. The maximum Gasteiger partial charge on any atom is 0.250 e. The molecule has 1 aromatic carbocycles. The fourth-order valence-electron chi connectivity index (χ4n) is 1.64. The van der Waals surface area contributed by atoms with Crippen LogP contribution < -0.4 is 5.32 Å². The molecule has 1 heterocycles. The predicted octanol–water partition coefficient (Wildman–Crippen LogP) is 1.84. The van der Waals surface area contributed by atoms with E-state index in [1.807, 2.05) is 30.3 Å². The van der Waals surface area contributed by atoms with Crippen LogP contribution in [0.5, 0.6) is 0 Å². The van der Waals surface area contributed by atoms with Gasteiger partial charge in [0.15, 0.2) is 0 Å². The van der Waals surface area contributed by atoms with E-state index in [0.29, 0.717) is 18.9 Å². The summed E-state index contributed by atoms with van der Waals surface area (Å²) in [4.78, 5) is 15.9. The minimum absolute atomic E-state index is 0.0101. The van der Waals surface area contributed by atoms with Crippen molar-refractivity contribution < 1.29 is 14.3 Å². The summed E-state index contributed by atoms with van der Waals surface area (Å²) in [6, 6.07) is 9.62. The normalized spacial score (nSPS) is 10.6. The maximum absolute atomic E-state index is 11.6. The summed E-state index contributed by atoms with van der Waals surface area (Å²) >= 11 is 0. The number of benzene rings is 1. The molecule has 1 N–H and O–H groups in total. The number of carbonyl (C=O) groups excluding carboxylic acids is 1. The fraction of sp³-hybridized carbons (Fsp3) is 0.286. The average Bonchev–Trinajstić information content (AvgIpc) is 2.43. The Kier molecular flexibility index (Phi) is 4.83. The van der Waals surface area contributed by atoms with Gasteiger partial charge in [0.2, 0.25) is 5.91 Å². The number of pyridine rings is 1. The van der Waals surface area contributed by atoms with Crippen molar-refractivity contribution in [1.82, 2.24) is 4.98 Å². The van der Waals surface area contributed by atoms with Crippen molar-refractivity contribution in [3.05, 3.63) is 36.5 Å². The van der Waals surface area contributed by atoms with E-state index in [1.165, 1.54) is 0 Å². The Hall–Kier alpha value is -1.98. The van der Waals surface area contributed by atoms with Gasteiger partial charge in [0.05, 0.1) is 30.6 Å². The van der Waals surface area contributed by atoms with Crippen LogP contribution in [0.2, 0.25) is 0 Å². The van der Waals surface area contributed by atoms with Crippen molar-refractivity contribution in [2.45, 2.75) is 0 Å². The van der Waals surface area contributed by atoms with E-state index < -0.39 is 0 Å². The van der Waals surface area contributed by atoms with E-state index in [2.05, 4.69) is 10.3 Å². The molecule has 0 aliphatic heterocycles. The van der Waals surface area contributed by atoms with Gasteiger partial charge in [-0.2, -0.15) is 0 Å². The number of nitrogens with one attached hydrogen (secondary N) is 1. The van der Waals surface area contributed by atoms with Crippen LogP contribution in [-0.2, 0) is 14.3 Å². The molecule has 0 saturated carbocycles. The smallest absolute Gasteiger partial charge is 0.250 e. The minimum Gasteiger partial charge on any atom is -0.382 e. The third-order valence-corrected chi connectivity index (χ3v) is 2.54. The van der Waals surface area contributed by atoms with Gasteiger partial charge in [0, 0.05) is 12.5 Å². The second-order valence-corrected chi connectivity index (χ2v) is 4.01. The Balaban J connectivity index is 1.91. The molecule has 0 spiro atoms. The number of nitrogens with zero attached hydrogens (tertiary/aromatic N) is 1. The van der Waals surface area contributed by atoms with Crippen LogP contribution in [0.3, 0.4) is 0 Å². The molecule has 0 fully saturated rings. The Morgan fingerprint density at radius 3 is 3.00 bits per heavy atom. The second kappa shape index (κ2) is 6.82. The zero-order valence-electron chi connectivity index (χ0n) is 10.8. The van der Waals surface area contributed by atoms with Gasteiger partial charge in [-0.15, -0.1) is 0 Å². The van der Waals surface area contributed by atoms with Crippen molar-refractivity contribution in [3.8, 4) is 0 Å². The van der Waals surface area contributed by atoms with Crippen LogP contribution in [0.15, 0.2) is 36.5 Å². The summed E-state index contributed by atoms with van der Waals surface area (Å²) in [7, 11) is 1.59. The molecule has 5 heteroatoms. The third-order valence-electron chi connectivity index (χ3n) is 2.54. The lowest BCUT2D eigenvalue weighted by molar-refractivity contribution is -0.121. The Morgan fingerprint density at radius 2 is 2.16 bits per heavy atom. The average molecular weight is 260 g/mol. The molecule has 0 aliphatic rings. The first-order chi connectivity index (χ1) is 9.29. The van der Waals surface area contributed by atoms with Crippen LogP contribution in [0.1, 0.15) is 0 Å².